The number of carbonyl (C=O) groups is 1. The summed E-state index contributed by atoms with van der Waals surface area (Å²) in [4.78, 5) is 23.5. The third-order valence-electron chi connectivity index (χ3n) is 5.46. The molecule has 0 fully saturated rings. The van der Waals surface area contributed by atoms with E-state index in [-0.39, 0.29) is 35.6 Å². The van der Waals surface area contributed by atoms with Gasteiger partial charge in [-0.25, -0.2) is 8.42 Å². The van der Waals surface area contributed by atoms with Crippen LogP contribution in [0, 0.1) is 24.0 Å². The smallest absolute Gasteiger partial charge is 0.312 e. The van der Waals surface area contributed by atoms with Crippen molar-refractivity contribution < 1.29 is 27.6 Å². The van der Waals surface area contributed by atoms with Crippen LogP contribution in [-0.2, 0) is 14.8 Å². The molecule has 0 N–H and O–H groups in total. The predicted octanol–water partition coefficient (Wildman–Crippen LogP) is 3.51. The minimum Gasteiger partial charge on any atom is -0.478 e. The largest absolute Gasteiger partial charge is 0.478 e. The van der Waals surface area contributed by atoms with Crippen molar-refractivity contribution in [3.63, 3.8) is 0 Å². The van der Waals surface area contributed by atoms with Gasteiger partial charge in [-0.2, -0.15) is 4.31 Å². The van der Waals surface area contributed by atoms with Crippen molar-refractivity contribution in [2.24, 2.45) is 0 Å². The molecule has 0 aliphatic rings. The molecule has 182 valence electrons. The minimum atomic E-state index is -3.88. The van der Waals surface area contributed by atoms with Crippen LogP contribution in [0.5, 0.6) is 5.75 Å². The predicted molar refractivity (Wildman–Crippen MR) is 124 cm³/mol. The highest BCUT2D eigenvalue weighted by atomic mass is 32.2. The number of nitrogens with zero attached hydrogens (tertiary/aromatic N) is 3. The van der Waals surface area contributed by atoms with Crippen molar-refractivity contribution in [2.45, 2.75) is 45.6 Å². The van der Waals surface area contributed by atoms with Crippen LogP contribution in [0.2, 0.25) is 0 Å². The molecule has 0 saturated carbocycles. The Labute approximate surface area is 194 Å². The van der Waals surface area contributed by atoms with Crippen molar-refractivity contribution in [2.75, 3.05) is 33.4 Å². The van der Waals surface area contributed by atoms with Gasteiger partial charge in [0.05, 0.1) is 22.5 Å². The zero-order valence-corrected chi connectivity index (χ0v) is 20.6. The van der Waals surface area contributed by atoms with Gasteiger partial charge in [-0.15, -0.1) is 0 Å². The molecule has 2 rings (SSSR count). The Hall–Kier alpha value is -2.76. The molecule has 33 heavy (non-hydrogen) atoms. The van der Waals surface area contributed by atoms with E-state index in [1.165, 1.54) is 16.4 Å². The molecule has 2 aromatic rings. The average molecular weight is 482 g/mol. The number of benzene rings is 1. The van der Waals surface area contributed by atoms with E-state index in [9.17, 15) is 23.3 Å². The monoisotopic (exact) mass is 481 g/mol. The first-order valence-corrected chi connectivity index (χ1v) is 12.0. The van der Waals surface area contributed by atoms with Crippen LogP contribution < -0.4 is 4.74 Å². The SMILES string of the molecule is CCN(CC)S(=O)(=O)c1ccc(OCC(=O)c2cc(C)n(C(C)COC)c2C)c([N+](=O)[O-])c1. The second-order valence-corrected chi connectivity index (χ2v) is 9.58. The number of methoxy groups -OCH3 is 1. The number of ketones is 1. The molecular weight excluding hydrogens is 450 g/mol. The van der Waals surface area contributed by atoms with E-state index in [4.69, 9.17) is 9.47 Å². The van der Waals surface area contributed by atoms with Gasteiger partial charge in [0.15, 0.2) is 12.4 Å². The molecule has 1 aromatic carbocycles. The number of hydrogen-bond acceptors (Lipinski definition) is 7. The van der Waals surface area contributed by atoms with E-state index in [0.717, 1.165) is 17.5 Å². The molecule has 0 spiro atoms. The Morgan fingerprint density at radius 2 is 1.85 bits per heavy atom. The van der Waals surface area contributed by atoms with Crippen molar-refractivity contribution in [3.05, 3.63) is 51.3 Å². The second-order valence-electron chi connectivity index (χ2n) is 7.65. The molecule has 0 amide bonds. The highest BCUT2D eigenvalue weighted by Crippen LogP contribution is 2.31. The lowest BCUT2D eigenvalue weighted by atomic mass is 10.1. The Balaban J connectivity index is 2.29. The van der Waals surface area contributed by atoms with Crippen LogP contribution >= 0.6 is 0 Å². The van der Waals surface area contributed by atoms with Crippen LogP contribution in [0.3, 0.4) is 0 Å². The molecule has 1 heterocycles. The van der Waals surface area contributed by atoms with Gasteiger partial charge in [0.25, 0.3) is 0 Å². The molecule has 1 aromatic heterocycles. The third-order valence-corrected chi connectivity index (χ3v) is 7.51. The van der Waals surface area contributed by atoms with E-state index >= 15 is 0 Å². The summed E-state index contributed by atoms with van der Waals surface area (Å²) in [5, 5.41) is 11.6. The number of sulfonamides is 1. The number of hydrogen-bond donors (Lipinski definition) is 0. The van der Waals surface area contributed by atoms with Crippen LogP contribution in [0.1, 0.15) is 48.6 Å². The molecule has 0 bridgehead atoms. The van der Waals surface area contributed by atoms with Crippen molar-refractivity contribution in [3.8, 4) is 5.75 Å². The lowest BCUT2D eigenvalue weighted by Crippen LogP contribution is -2.30. The number of nitro groups is 1. The summed E-state index contributed by atoms with van der Waals surface area (Å²) in [6.07, 6.45) is 0. The molecular formula is C22H31N3O7S. The number of carbonyl (C=O) groups excluding carboxylic acids is 1. The first kappa shape index (κ1) is 26.5. The number of aryl methyl sites for hydroxylation is 1. The number of ether oxygens (including phenoxy) is 2. The maximum atomic E-state index is 12.8. The Morgan fingerprint density at radius 3 is 2.39 bits per heavy atom. The highest BCUT2D eigenvalue weighted by molar-refractivity contribution is 7.89. The maximum absolute atomic E-state index is 12.8. The van der Waals surface area contributed by atoms with Gasteiger partial charge in [-0.1, -0.05) is 13.8 Å². The number of nitro benzene ring substituents is 1. The maximum Gasteiger partial charge on any atom is 0.312 e. The first-order valence-electron chi connectivity index (χ1n) is 10.6. The number of aromatic nitrogens is 1. The third kappa shape index (κ3) is 5.60. The summed E-state index contributed by atoms with van der Waals surface area (Å²) in [7, 11) is -2.27. The van der Waals surface area contributed by atoms with E-state index < -0.39 is 27.2 Å². The summed E-state index contributed by atoms with van der Waals surface area (Å²) in [5.74, 6) is -0.512. The molecule has 11 heteroatoms. The van der Waals surface area contributed by atoms with Gasteiger partial charge >= 0.3 is 5.69 Å². The van der Waals surface area contributed by atoms with E-state index in [0.29, 0.717) is 12.2 Å². The molecule has 1 atom stereocenters. The normalized spacial score (nSPS) is 12.7. The Morgan fingerprint density at radius 1 is 1.21 bits per heavy atom. The first-order chi connectivity index (χ1) is 15.5. The van der Waals surface area contributed by atoms with Crippen LogP contribution in [0.4, 0.5) is 5.69 Å². The molecule has 0 aliphatic heterocycles. The van der Waals surface area contributed by atoms with Gasteiger partial charge in [0, 0.05) is 43.2 Å². The zero-order valence-electron chi connectivity index (χ0n) is 19.8. The number of Topliss-reactive ketones (excluding diaryl/α,β-unsaturated/α-hetero) is 1. The fraction of sp³-hybridized carbons (Fsp3) is 0.500. The van der Waals surface area contributed by atoms with E-state index in [2.05, 4.69) is 0 Å². The summed E-state index contributed by atoms with van der Waals surface area (Å²) >= 11 is 0. The lowest BCUT2D eigenvalue weighted by molar-refractivity contribution is -0.386. The topological polar surface area (TPSA) is 121 Å². The quantitative estimate of drug-likeness (QED) is 0.258. The zero-order chi connectivity index (χ0) is 24.9. The fourth-order valence-electron chi connectivity index (χ4n) is 3.91. The van der Waals surface area contributed by atoms with E-state index in [1.807, 2.05) is 25.3 Å². The molecule has 1 unspecified atom stereocenters. The van der Waals surface area contributed by atoms with Crippen LogP contribution in [0.15, 0.2) is 29.2 Å². The van der Waals surface area contributed by atoms with Crippen molar-refractivity contribution in [1.29, 1.82) is 0 Å². The molecule has 0 radical (unpaired) electrons. The summed E-state index contributed by atoms with van der Waals surface area (Å²) in [6, 6.07) is 5.20. The Kier molecular flexibility index (Phi) is 8.76. The summed E-state index contributed by atoms with van der Waals surface area (Å²) in [5.41, 5.74) is 1.58. The van der Waals surface area contributed by atoms with E-state index in [1.54, 1.807) is 27.0 Å². The van der Waals surface area contributed by atoms with Crippen LogP contribution in [-0.4, -0.2) is 61.4 Å². The van der Waals surface area contributed by atoms with Crippen molar-refractivity contribution in [1.82, 2.24) is 8.87 Å². The van der Waals surface area contributed by atoms with Crippen molar-refractivity contribution >= 4 is 21.5 Å². The summed E-state index contributed by atoms with van der Waals surface area (Å²) < 4.78 is 39.3. The van der Waals surface area contributed by atoms with Gasteiger partial charge in [0.2, 0.25) is 15.8 Å². The highest BCUT2D eigenvalue weighted by Gasteiger charge is 2.27. The van der Waals surface area contributed by atoms with Gasteiger partial charge in [0.1, 0.15) is 0 Å². The average Bonchev–Trinajstić information content (AvgIpc) is 3.06. The minimum absolute atomic E-state index is 0.0267. The standard InChI is InChI=1S/C22H31N3O7S/c1-7-23(8-2)33(29,30)18-9-10-22(20(12-18)25(27)28)32-14-21(26)19-11-15(3)24(17(19)5)16(4)13-31-6/h9-12,16H,7-8,13-14H2,1-6H3. The molecule has 0 saturated heterocycles. The molecule has 10 nitrogen and oxygen atoms in total. The van der Waals surface area contributed by atoms with Crippen LogP contribution in [0.25, 0.3) is 0 Å². The Bertz CT molecular complexity index is 1120. The summed E-state index contributed by atoms with van der Waals surface area (Å²) in [6.45, 7) is 9.59. The number of rotatable bonds is 12. The lowest BCUT2D eigenvalue weighted by Gasteiger charge is -2.18. The second kappa shape index (κ2) is 10.9. The fourth-order valence-corrected chi connectivity index (χ4v) is 5.39. The van der Waals surface area contributed by atoms with Gasteiger partial charge in [-0.3, -0.25) is 14.9 Å². The van der Waals surface area contributed by atoms with Gasteiger partial charge < -0.3 is 14.0 Å². The molecule has 0 aliphatic carbocycles. The van der Waals surface area contributed by atoms with Gasteiger partial charge in [-0.05, 0) is 39.0 Å².